The summed E-state index contributed by atoms with van der Waals surface area (Å²) in [6.45, 7) is 5.90. The molecule has 6 nitrogen and oxygen atoms in total. The SMILES string of the molecule is C=C/C=C(/c1cccs1)c1nc(-c2n[nH]c3ccc(-c4cnn(C)c4)cc23)[nH]c1C. The van der Waals surface area contributed by atoms with Gasteiger partial charge >= 0.3 is 0 Å². The van der Waals surface area contributed by atoms with E-state index in [0.717, 1.165) is 55.4 Å². The van der Waals surface area contributed by atoms with E-state index >= 15 is 0 Å². The number of nitrogens with zero attached hydrogens (tertiary/aromatic N) is 4. The lowest BCUT2D eigenvalue weighted by molar-refractivity contribution is 0.768. The number of imidazole rings is 1. The molecule has 0 fully saturated rings. The summed E-state index contributed by atoms with van der Waals surface area (Å²) in [7, 11) is 1.92. The van der Waals surface area contributed by atoms with Crippen molar-refractivity contribution in [2.45, 2.75) is 6.92 Å². The Hall–Kier alpha value is -3.71. The van der Waals surface area contributed by atoms with Crippen LogP contribution in [0.15, 0.2) is 66.8 Å². The molecule has 0 saturated heterocycles. The molecule has 5 aromatic rings. The molecule has 30 heavy (non-hydrogen) atoms. The maximum atomic E-state index is 4.92. The zero-order chi connectivity index (χ0) is 20.7. The molecule has 0 radical (unpaired) electrons. The molecular weight excluding hydrogens is 392 g/mol. The molecule has 148 valence electrons. The predicted molar refractivity (Wildman–Crippen MR) is 122 cm³/mol. The van der Waals surface area contributed by atoms with Crippen LogP contribution in [0.2, 0.25) is 0 Å². The van der Waals surface area contributed by atoms with E-state index in [4.69, 9.17) is 4.98 Å². The summed E-state index contributed by atoms with van der Waals surface area (Å²) in [6, 6.07) is 10.4. The largest absolute Gasteiger partial charge is 0.340 e. The number of fused-ring (bicyclic) bond motifs is 1. The van der Waals surface area contributed by atoms with Gasteiger partial charge in [0.15, 0.2) is 5.82 Å². The van der Waals surface area contributed by atoms with Crippen LogP contribution in [-0.4, -0.2) is 29.9 Å². The molecule has 0 aliphatic carbocycles. The van der Waals surface area contributed by atoms with E-state index in [0.29, 0.717) is 0 Å². The number of hydrogen-bond acceptors (Lipinski definition) is 4. The third-order valence-corrected chi connectivity index (χ3v) is 5.94. The van der Waals surface area contributed by atoms with Crippen molar-refractivity contribution in [1.82, 2.24) is 29.9 Å². The molecule has 0 saturated carbocycles. The molecule has 0 spiro atoms. The Morgan fingerprint density at radius 3 is 2.87 bits per heavy atom. The fraction of sp³-hybridized carbons (Fsp3) is 0.0870. The lowest BCUT2D eigenvalue weighted by Crippen LogP contribution is -1.88. The van der Waals surface area contributed by atoms with Gasteiger partial charge in [-0.2, -0.15) is 10.2 Å². The summed E-state index contributed by atoms with van der Waals surface area (Å²) in [5.74, 6) is 0.739. The van der Waals surface area contributed by atoms with E-state index in [1.807, 2.05) is 44.6 Å². The standard InChI is InChI=1S/C23H20N6S/c1-4-6-17(20-7-5-10-30-20)21-14(2)25-23(26-21)22-18-11-15(8-9-19(18)27-28-22)16-12-24-29(3)13-16/h4-13H,1H2,2-3H3,(H,25,26)(H,27,28)/b17-6-. The highest BCUT2D eigenvalue weighted by Crippen LogP contribution is 2.33. The van der Waals surface area contributed by atoms with E-state index in [2.05, 4.69) is 50.4 Å². The maximum absolute atomic E-state index is 4.92. The van der Waals surface area contributed by atoms with E-state index in [-0.39, 0.29) is 0 Å². The molecule has 4 heterocycles. The van der Waals surface area contributed by atoms with Crippen molar-refractivity contribution in [3.8, 4) is 22.6 Å². The van der Waals surface area contributed by atoms with Gasteiger partial charge in [0.25, 0.3) is 0 Å². The highest BCUT2D eigenvalue weighted by atomic mass is 32.1. The number of rotatable bonds is 5. The van der Waals surface area contributed by atoms with Crippen LogP contribution < -0.4 is 0 Å². The number of hydrogen-bond donors (Lipinski definition) is 2. The van der Waals surface area contributed by atoms with Crippen molar-refractivity contribution in [1.29, 1.82) is 0 Å². The molecule has 0 atom stereocenters. The lowest BCUT2D eigenvalue weighted by Gasteiger charge is -2.02. The number of benzene rings is 1. The maximum Gasteiger partial charge on any atom is 0.159 e. The number of thiophene rings is 1. The summed E-state index contributed by atoms with van der Waals surface area (Å²) < 4.78 is 1.80. The fourth-order valence-electron chi connectivity index (χ4n) is 3.61. The van der Waals surface area contributed by atoms with E-state index in [1.165, 1.54) is 0 Å². The minimum absolute atomic E-state index is 0.739. The first-order chi connectivity index (χ1) is 14.6. The van der Waals surface area contributed by atoms with Crippen LogP contribution in [0.4, 0.5) is 0 Å². The Kier molecular flexibility index (Phi) is 4.44. The highest BCUT2D eigenvalue weighted by molar-refractivity contribution is 7.11. The van der Waals surface area contributed by atoms with Crippen molar-refractivity contribution < 1.29 is 0 Å². The summed E-state index contributed by atoms with van der Waals surface area (Å²) in [5.41, 5.74) is 6.88. The average Bonchev–Trinajstić information content (AvgIpc) is 3.52. The molecule has 7 heteroatoms. The smallest absolute Gasteiger partial charge is 0.159 e. The molecule has 5 rings (SSSR count). The van der Waals surface area contributed by atoms with Crippen LogP contribution in [0.5, 0.6) is 0 Å². The van der Waals surface area contributed by atoms with Gasteiger partial charge in [0, 0.05) is 40.3 Å². The molecule has 0 aliphatic rings. The first kappa shape index (κ1) is 18.3. The van der Waals surface area contributed by atoms with Gasteiger partial charge in [0.1, 0.15) is 5.69 Å². The summed E-state index contributed by atoms with van der Waals surface area (Å²) in [4.78, 5) is 9.50. The number of allylic oxidation sites excluding steroid dienone is 2. The lowest BCUT2D eigenvalue weighted by atomic mass is 10.1. The summed E-state index contributed by atoms with van der Waals surface area (Å²) in [6.07, 6.45) is 7.67. The molecule has 2 N–H and O–H groups in total. The van der Waals surface area contributed by atoms with Crippen molar-refractivity contribution in [3.63, 3.8) is 0 Å². The van der Waals surface area contributed by atoms with Gasteiger partial charge in [0.2, 0.25) is 0 Å². The number of aromatic nitrogens is 6. The van der Waals surface area contributed by atoms with Crippen molar-refractivity contribution in [2.24, 2.45) is 7.05 Å². The Labute approximate surface area is 177 Å². The number of aromatic amines is 2. The van der Waals surface area contributed by atoms with Crippen LogP contribution in [0.1, 0.15) is 16.3 Å². The van der Waals surface area contributed by atoms with Crippen LogP contribution >= 0.6 is 11.3 Å². The Bertz CT molecular complexity index is 1380. The van der Waals surface area contributed by atoms with Gasteiger partial charge < -0.3 is 4.98 Å². The highest BCUT2D eigenvalue weighted by Gasteiger charge is 2.18. The zero-order valence-electron chi connectivity index (χ0n) is 16.7. The summed E-state index contributed by atoms with van der Waals surface area (Å²) in [5, 5.41) is 15.0. The Morgan fingerprint density at radius 1 is 1.23 bits per heavy atom. The molecule has 0 unspecified atom stereocenters. The van der Waals surface area contributed by atoms with Crippen molar-refractivity contribution in [3.05, 3.63) is 83.1 Å². The molecule has 0 bridgehead atoms. The fourth-order valence-corrected chi connectivity index (χ4v) is 4.36. The van der Waals surface area contributed by atoms with Gasteiger partial charge in [-0.3, -0.25) is 9.78 Å². The van der Waals surface area contributed by atoms with Crippen LogP contribution in [-0.2, 0) is 7.05 Å². The molecule has 1 aromatic carbocycles. The van der Waals surface area contributed by atoms with E-state index < -0.39 is 0 Å². The number of H-pyrrole nitrogens is 2. The van der Waals surface area contributed by atoms with Gasteiger partial charge in [0.05, 0.1) is 17.4 Å². The second-order valence-corrected chi connectivity index (χ2v) is 8.04. The zero-order valence-corrected chi connectivity index (χ0v) is 17.5. The monoisotopic (exact) mass is 412 g/mol. The van der Waals surface area contributed by atoms with Crippen LogP contribution in [0, 0.1) is 6.92 Å². The second-order valence-electron chi connectivity index (χ2n) is 7.09. The molecule has 0 aliphatic heterocycles. The first-order valence-corrected chi connectivity index (χ1v) is 10.4. The normalized spacial score (nSPS) is 12.0. The van der Waals surface area contributed by atoms with Crippen molar-refractivity contribution in [2.75, 3.05) is 0 Å². The Morgan fingerprint density at radius 2 is 2.13 bits per heavy atom. The van der Waals surface area contributed by atoms with Gasteiger partial charge in [-0.05, 0) is 36.1 Å². The summed E-state index contributed by atoms with van der Waals surface area (Å²) >= 11 is 1.69. The number of aryl methyl sites for hydroxylation is 2. The minimum atomic E-state index is 0.739. The van der Waals surface area contributed by atoms with Gasteiger partial charge in [-0.1, -0.05) is 30.9 Å². The second kappa shape index (κ2) is 7.27. The topological polar surface area (TPSA) is 75.2 Å². The van der Waals surface area contributed by atoms with Crippen LogP contribution in [0.25, 0.3) is 39.1 Å². The minimum Gasteiger partial charge on any atom is -0.340 e. The third-order valence-electron chi connectivity index (χ3n) is 5.04. The number of nitrogens with one attached hydrogen (secondary N) is 2. The predicted octanol–water partition coefficient (Wildman–Crippen LogP) is 5.34. The first-order valence-electron chi connectivity index (χ1n) is 9.55. The third kappa shape index (κ3) is 3.09. The average molecular weight is 413 g/mol. The van der Waals surface area contributed by atoms with E-state index in [1.54, 1.807) is 22.1 Å². The van der Waals surface area contributed by atoms with Crippen molar-refractivity contribution >= 4 is 27.8 Å². The Balaban J connectivity index is 1.62. The van der Waals surface area contributed by atoms with Crippen LogP contribution in [0.3, 0.4) is 0 Å². The molecule has 0 amide bonds. The van der Waals surface area contributed by atoms with Gasteiger partial charge in [-0.15, -0.1) is 11.3 Å². The van der Waals surface area contributed by atoms with Gasteiger partial charge in [-0.25, -0.2) is 4.98 Å². The molecule has 4 aromatic heterocycles. The van der Waals surface area contributed by atoms with E-state index in [9.17, 15) is 0 Å². The quantitative estimate of drug-likeness (QED) is 0.383. The molecular formula is C23H20N6S.